The zero-order valence-corrected chi connectivity index (χ0v) is 13.1. The molecule has 0 saturated heterocycles. The molecule has 22 heavy (non-hydrogen) atoms. The molecule has 6 nitrogen and oxygen atoms in total. The van der Waals surface area contributed by atoms with Gasteiger partial charge in [0.1, 0.15) is 24.7 Å². The van der Waals surface area contributed by atoms with E-state index in [2.05, 4.69) is 21.9 Å². The number of phenols is 2. The molecule has 0 radical (unpaired) electrons. The lowest BCUT2D eigenvalue weighted by Gasteiger charge is -2.10. The van der Waals surface area contributed by atoms with E-state index in [0.717, 1.165) is 6.42 Å². The number of aromatic nitrogens is 3. The van der Waals surface area contributed by atoms with Gasteiger partial charge in [-0.15, -0.1) is 0 Å². The molecule has 2 rings (SSSR count). The molecule has 1 aromatic heterocycles. The van der Waals surface area contributed by atoms with Crippen molar-refractivity contribution in [1.82, 2.24) is 15.0 Å². The van der Waals surface area contributed by atoms with Crippen molar-refractivity contribution in [2.45, 2.75) is 39.5 Å². The summed E-state index contributed by atoms with van der Waals surface area (Å²) in [6.07, 6.45) is 8.93. The molecule has 120 valence electrons. The second-order valence-corrected chi connectivity index (χ2v) is 4.76. The largest absolute Gasteiger partial charge is 0.504 e. The molecule has 0 amide bonds. The van der Waals surface area contributed by atoms with Crippen molar-refractivity contribution >= 4 is 0 Å². The quantitative estimate of drug-likeness (QED) is 0.629. The summed E-state index contributed by atoms with van der Waals surface area (Å²) < 4.78 is 5.55. The van der Waals surface area contributed by atoms with E-state index in [1.807, 2.05) is 0 Å². The molecule has 0 aliphatic rings. The van der Waals surface area contributed by atoms with E-state index in [-0.39, 0.29) is 11.5 Å². The number of hydrogen-bond acceptors (Lipinski definition) is 6. The van der Waals surface area contributed by atoms with Crippen molar-refractivity contribution in [3.8, 4) is 17.2 Å². The van der Waals surface area contributed by atoms with Crippen molar-refractivity contribution in [2.24, 2.45) is 0 Å². The molecule has 0 aliphatic heterocycles. The van der Waals surface area contributed by atoms with E-state index >= 15 is 0 Å². The molecule has 1 aromatic carbocycles. The van der Waals surface area contributed by atoms with E-state index in [0.29, 0.717) is 17.9 Å². The summed E-state index contributed by atoms with van der Waals surface area (Å²) in [6, 6.07) is 3.13. The van der Waals surface area contributed by atoms with Crippen molar-refractivity contribution < 1.29 is 14.9 Å². The molecule has 6 heteroatoms. The van der Waals surface area contributed by atoms with Crippen molar-refractivity contribution in [1.29, 1.82) is 0 Å². The third-order valence-electron chi connectivity index (χ3n) is 3.02. The minimum absolute atomic E-state index is 0.0916. The molecule has 0 aliphatic carbocycles. The van der Waals surface area contributed by atoms with E-state index in [1.54, 1.807) is 13.0 Å². The van der Waals surface area contributed by atoms with Gasteiger partial charge in [-0.3, -0.25) is 0 Å². The fourth-order valence-corrected chi connectivity index (χ4v) is 1.74. The van der Waals surface area contributed by atoms with Gasteiger partial charge in [0.05, 0.1) is 6.61 Å². The minimum atomic E-state index is -0.101. The lowest BCUT2D eigenvalue weighted by Crippen LogP contribution is -1.98. The Balaban J connectivity index is 0.000000335. The van der Waals surface area contributed by atoms with Crippen LogP contribution in [0.15, 0.2) is 31.1 Å². The first-order valence-corrected chi connectivity index (χ1v) is 7.36. The topological polar surface area (TPSA) is 88.4 Å². The standard InChI is InChI=1S/C13H20O3.C3H3N3/c1-3-4-5-6-9-16-12-8-7-11(14)13(15)10(12)2;1-4-2-6-3-5-1/h7-8,14-15H,3-6,9H2,1-2H3;1-3H. The molecular weight excluding hydrogens is 282 g/mol. The number of nitrogens with zero attached hydrogens (tertiary/aromatic N) is 3. The van der Waals surface area contributed by atoms with E-state index < -0.39 is 0 Å². The summed E-state index contributed by atoms with van der Waals surface area (Å²) in [5, 5.41) is 18.8. The molecule has 0 atom stereocenters. The normalized spacial score (nSPS) is 9.73. The Morgan fingerprint density at radius 2 is 1.59 bits per heavy atom. The summed E-state index contributed by atoms with van der Waals surface area (Å²) in [5.41, 5.74) is 0.593. The first-order valence-electron chi connectivity index (χ1n) is 7.36. The number of unbranched alkanes of at least 4 members (excludes halogenated alkanes) is 3. The highest BCUT2D eigenvalue weighted by Gasteiger charge is 2.08. The maximum absolute atomic E-state index is 9.50. The van der Waals surface area contributed by atoms with Gasteiger partial charge in [0.25, 0.3) is 0 Å². The molecule has 0 fully saturated rings. The summed E-state index contributed by atoms with van der Waals surface area (Å²) in [5.74, 6) is 0.452. The number of phenolic OH excluding ortho intramolecular Hbond substituents is 2. The fraction of sp³-hybridized carbons (Fsp3) is 0.438. The van der Waals surface area contributed by atoms with Crippen LogP contribution in [-0.4, -0.2) is 31.8 Å². The maximum atomic E-state index is 9.50. The van der Waals surface area contributed by atoms with Gasteiger partial charge >= 0.3 is 0 Å². The predicted octanol–water partition coefficient (Wildman–Crippen LogP) is 3.24. The second-order valence-electron chi connectivity index (χ2n) is 4.76. The van der Waals surface area contributed by atoms with E-state index in [4.69, 9.17) is 4.74 Å². The van der Waals surface area contributed by atoms with Crippen LogP contribution in [0.4, 0.5) is 0 Å². The highest BCUT2D eigenvalue weighted by atomic mass is 16.5. The third-order valence-corrected chi connectivity index (χ3v) is 3.02. The third kappa shape index (κ3) is 6.39. The average Bonchev–Trinajstić information content (AvgIpc) is 2.56. The number of hydrogen-bond donors (Lipinski definition) is 2. The smallest absolute Gasteiger partial charge is 0.164 e. The number of benzene rings is 1. The van der Waals surface area contributed by atoms with Gasteiger partial charge in [0.15, 0.2) is 11.5 Å². The average molecular weight is 305 g/mol. The van der Waals surface area contributed by atoms with E-state index in [1.165, 1.54) is 44.3 Å². The molecule has 2 aromatic rings. The van der Waals surface area contributed by atoms with Crippen molar-refractivity contribution in [2.75, 3.05) is 6.61 Å². The van der Waals surface area contributed by atoms with Crippen LogP contribution in [0.3, 0.4) is 0 Å². The first-order chi connectivity index (χ1) is 10.7. The molecule has 2 N–H and O–H groups in total. The van der Waals surface area contributed by atoms with Crippen LogP contribution in [0.1, 0.15) is 38.2 Å². The Morgan fingerprint density at radius 3 is 2.14 bits per heavy atom. The molecule has 0 saturated carbocycles. The van der Waals surface area contributed by atoms with Crippen LogP contribution in [0.25, 0.3) is 0 Å². The molecule has 1 heterocycles. The molecule has 0 spiro atoms. The summed E-state index contributed by atoms with van der Waals surface area (Å²) in [6.45, 7) is 4.56. The van der Waals surface area contributed by atoms with Crippen LogP contribution < -0.4 is 4.74 Å². The van der Waals surface area contributed by atoms with E-state index in [9.17, 15) is 10.2 Å². The van der Waals surface area contributed by atoms with Gasteiger partial charge < -0.3 is 14.9 Å². The lowest BCUT2D eigenvalue weighted by atomic mass is 10.2. The number of aromatic hydroxyl groups is 2. The fourth-order valence-electron chi connectivity index (χ4n) is 1.74. The van der Waals surface area contributed by atoms with Crippen LogP contribution in [-0.2, 0) is 0 Å². The zero-order valence-electron chi connectivity index (χ0n) is 13.1. The monoisotopic (exact) mass is 305 g/mol. The Morgan fingerprint density at radius 1 is 0.955 bits per heavy atom. The van der Waals surface area contributed by atoms with Crippen LogP contribution in [0.2, 0.25) is 0 Å². The lowest BCUT2D eigenvalue weighted by molar-refractivity contribution is 0.299. The maximum Gasteiger partial charge on any atom is 0.164 e. The summed E-state index contributed by atoms with van der Waals surface area (Å²) in [4.78, 5) is 10.7. The Bertz CT molecular complexity index is 509. The van der Waals surface area contributed by atoms with Crippen LogP contribution in [0.5, 0.6) is 17.2 Å². The SMILES string of the molecule is CCCCCCOc1ccc(O)c(O)c1C.c1ncncn1. The number of rotatable bonds is 6. The van der Waals surface area contributed by atoms with Gasteiger partial charge in [-0.2, -0.15) is 0 Å². The summed E-state index contributed by atoms with van der Waals surface area (Å²) >= 11 is 0. The van der Waals surface area contributed by atoms with Gasteiger partial charge in [0.2, 0.25) is 0 Å². The molecular formula is C16H23N3O3. The number of ether oxygens (including phenoxy) is 1. The highest BCUT2D eigenvalue weighted by molar-refractivity contribution is 5.51. The van der Waals surface area contributed by atoms with Crippen molar-refractivity contribution in [3.05, 3.63) is 36.7 Å². The molecule has 0 bridgehead atoms. The molecule has 0 unspecified atom stereocenters. The highest BCUT2D eigenvalue weighted by Crippen LogP contribution is 2.34. The van der Waals surface area contributed by atoms with Gasteiger partial charge in [-0.1, -0.05) is 26.2 Å². The Labute approximate surface area is 130 Å². The van der Waals surface area contributed by atoms with Gasteiger partial charge in [-0.25, -0.2) is 15.0 Å². The van der Waals surface area contributed by atoms with Crippen LogP contribution >= 0.6 is 0 Å². The minimum Gasteiger partial charge on any atom is -0.504 e. The second kappa shape index (κ2) is 10.4. The zero-order chi connectivity index (χ0) is 16.2. The summed E-state index contributed by atoms with van der Waals surface area (Å²) in [7, 11) is 0. The first kappa shape index (κ1) is 17.7. The van der Waals surface area contributed by atoms with Crippen molar-refractivity contribution in [3.63, 3.8) is 0 Å². The van der Waals surface area contributed by atoms with Gasteiger partial charge in [-0.05, 0) is 25.5 Å². The van der Waals surface area contributed by atoms with Gasteiger partial charge in [0, 0.05) is 5.56 Å². The Kier molecular flexibility index (Phi) is 8.33. The Hall–Kier alpha value is -2.37. The predicted molar refractivity (Wildman–Crippen MR) is 84.0 cm³/mol. The van der Waals surface area contributed by atoms with Crippen LogP contribution in [0, 0.1) is 6.92 Å².